The van der Waals surface area contributed by atoms with Crippen LogP contribution in [0, 0.1) is 0 Å². The molecule has 1 N–H and O–H groups in total. The van der Waals surface area contributed by atoms with E-state index in [-0.39, 0.29) is 6.10 Å². The number of aromatic nitrogens is 1. The zero-order valence-electron chi connectivity index (χ0n) is 9.11. The van der Waals surface area contributed by atoms with Crippen molar-refractivity contribution in [2.45, 2.75) is 25.1 Å². The summed E-state index contributed by atoms with van der Waals surface area (Å²) >= 11 is 0. The van der Waals surface area contributed by atoms with Crippen LogP contribution in [0.5, 0.6) is 0 Å². The van der Waals surface area contributed by atoms with Crippen molar-refractivity contribution >= 4 is 5.82 Å². The molecule has 1 aromatic heterocycles. The number of nitrogens with zero attached hydrogens (tertiary/aromatic N) is 2. The second kappa shape index (κ2) is 4.52. The molecule has 94 valence electrons. The third-order valence-corrected chi connectivity index (χ3v) is 2.81. The Morgan fingerprint density at radius 2 is 1.88 bits per heavy atom. The molecule has 0 aliphatic carbocycles. The van der Waals surface area contributed by atoms with Crippen LogP contribution >= 0.6 is 0 Å². The number of halogens is 3. The summed E-state index contributed by atoms with van der Waals surface area (Å²) in [6.45, 7) is 1.07. The summed E-state index contributed by atoms with van der Waals surface area (Å²) in [4.78, 5) is 5.38. The molecular formula is C11H13F3N2O. The maximum absolute atomic E-state index is 12.5. The summed E-state index contributed by atoms with van der Waals surface area (Å²) in [5.74, 6) is 0.326. The Balaban J connectivity index is 2.16. The van der Waals surface area contributed by atoms with Gasteiger partial charge in [0.2, 0.25) is 0 Å². The second-order valence-electron chi connectivity index (χ2n) is 4.10. The molecule has 0 aromatic carbocycles. The molecule has 17 heavy (non-hydrogen) atoms. The van der Waals surface area contributed by atoms with E-state index >= 15 is 0 Å². The maximum atomic E-state index is 12.5. The number of rotatable bonds is 1. The molecule has 0 radical (unpaired) electrons. The summed E-state index contributed by atoms with van der Waals surface area (Å²) in [5, 5.41) is 9.33. The van der Waals surface area contributed by atoms with E-state index in [0.29, 0.717) is 31.7 Å². The number of aliphatic hydroxyl groups is 1. The third kappa shape index (κ3) is 2.88. The Hall–Kier alpha value is -1.30. The van der Waals surface area contributed by atoms with Gasteiger partial charge < -0.3 is 10.0 Å². The number of hydrogen-bond acceptors (Lipinski definition) is 3. The quantitative estimate of drug-likeness (QED) is 0.824. The Labute approximate surface area is 96.9 Å². The predicted molar refractivity (Wildman–Crippen MR) is 56.7 cm³/mol. The Kier molecular flexibility index (Phi) is 3.24. The standard InChI is InChI=1S/C11H13F3N2O/c12-11(13,14)9-2-1-3-10(15-9)16-6-4-8(17)5-7-16/h1-3,8,17H,4-7H2. The lowest BCUT2D eigenvalue weighted by Crippen LogP contribution is -2.36. The fourth-order valence-electron chi connectivity index (χ4n) is 1.85. The van der Waals surface area contributed by atoms with Crippen molar-refractivity contribution in [2.24, 2.45) is 0 Å². The van der Waals surface area contributed by atoms with E-state index in [1.54, 1.807) is 11.0 Å². The Morgan fingerprint density at radius 1 is 1.24 bits per heavy atom. The van der Waals surface area contributed by atoms with Gasteiger partial charge >= 0.3 is 6.18 Å². The van der Waals surface area contributed by atoms with Gasteiger partial charge in [-0.3, -0.25) is 0 Å². The SMILES string of the molecule is OC1CCN(c2cccc(C(F)(F)F)n2)CC1. The van der Waals surface area contributed by atoms with E-state index in [1.165, 1.54) is 6.07 Å². The van der Waals surface area contributed by atoms with Crippen molar-refractivity contribution in [3.05, 3.63) is 23.9 Å². The molecule has 1 saturated heterocycles. The summed E-state index contributed by atoms with van der Waals surface area (Å²) in [6.07, 6.45) is -3.63. The van der Waals surface area contributed by atoms with Crippen molar-refractivity contribution < 1.29 is 18.3 Å². The predicted octanol–water partition coefficient (Wildman–Crippen LogP) is 2.06. The summed E-state index contributed by atoms with van der Waals surface area (Å²) in [5.41, 5.74) is -0.874. The first-order chi connectivity index (χ1) is 7.97. The first-order valence-corrected chi connectivity index (χ1v) is 5.44. The third-order valence-electron chi connectivity index (χ3n) is 2.81. The number of alkyl halides is 3. The van der Waals surface area contributed by atoms with E-state index in [1.807, 2.05) is 0 Å². The molecule has 2 heterocycles. The molecule has 3 nitrogen and oxygen atoms in total. The Morgan fingerprint density at radius 3 is 2.47 bits per heavy atom. The fourth-order valence-corrected chi connectivity index (χ4v) is 1.85. The highest BCUT2D eigenvalue weighted by molar-refractivity contribution is 5.40. The van der Waals surface area contributed by atoms with E-state index in [9.17, 15) is 18.3 Å². The van der Waals surface area contributed by atoms with Crippen molar-refractivity contribution in [2.75, 3.05) is 18.0 Å². The highest BCUT2D eigenvalue weighted by atomic mass is 19.4. The van der Waals surface area contributed by atoms with Crippen molar-refractivity contribution in [3.8, 4) is 0 Å². The molecule has 0 saturated carbocycles. The summed E-state index contributed by atoms with van der Waals surface area (Å²) < 4.78 is 37.4. The minimum Gasteiger partial charge on any atom is -0.393 e. The summed E-state index contributed by atoms with van der Waals surface area (Å²) in [6, 6.07) is 3.88. The van der Waals surface area contributed by atoms with Crippen LogP contribution in [0.3, 0.4) is 0 Å². The number of pyridine rings is 1. The van der Waals surface area contributed by atoms with Crippen LogP contribution in [-0.2, 0) is 6.18 Å². The van der Waals surface area contributed by atoms with Gasteiger partial charge in [0.05, 0.1) is 6.10 Å². The van der Waals surface area contributed by atoms with Crippen molar-refractivity contribution in [3.63, 3.8) is 0 Å². The molecule has 2 rings (SSSR count). The fraction of sp³-hybridized carbons (Fsp3) is 0.545. The lowest BCUT2D eigenvalue weighted by atomic mass is 10.1. The first-order valence-electron chi connectivity index (χ1n) is 5.44. The van der Waals surface area contributed by atoms with Gasteiger partial charge in [-0.05, 0) is 25.0 Å². The smallest absolute Gasteiger partial charge is 0.393 e. The van der Waals surface area contributed by atoms with Crippen LogP contribution < -0.4 is 4.90 Å². The minimum absolute atomic E-state index is 0.326. The lowest BCUT2D eigenvalue weighted by Gasteiger charge is -2.30. The molecule has 1 fully saturated rings. The maximum Gasteiger partial charge on any atom is 0.433 e. The van der Waals surface area contributed by atoms with Crippen LogP contribution in [0.4, 0.5) is 19.0 Å². The van der Waals surface area contributed by atoms with E-state index in [2.05, 4.69) is 4.98 Å². The van der Waals surface area contributed by atoms with Gasteiger partial charge in [-0.15, -0.1) is 0 Å². The van der Waals surface area contributed by atoms with E-state index in [0.717, 1.165) is 6.07 Å². The highest BCUT2D eigenvalue weighted by Gasteiger charge is 2.33. The molecule has 0 atom stereocenters. The average Bonchev–Trinajstić information content (AvgIpc) is 2.29. The molecule has 1 aliphatic heterocycles. The van der Waals surface area contributed by atoms with Crippen LogP contribution in [0.2, 0.25) is 0 Å². The normalized spacial score (nSPS) is 18.5. The lowest BCUT2D eigenvalue weighted by molar-refractivity contribution is -0.141. The molecule has 0 amide bonds. The number of anilines is 1. The van der Waals surface area contributed by atoms with Crippen LogP contribution in [-0.4, -0.2) is 29.3 Å². The van der Waals surface area contributed by atoms with Crippen molar-refractivity contribution in [1.82, 2.24) is 4.98 Å². The molecule has 0 spiro atoms. The van der Waals surface area contributed by atoms with Gasteiger partial charge in [0.1, 0.15) is 11.5 Å². The van der Waals surface area contributed by atoms with Gasteiger partial charge in [0, 0.05) is 13.1 Å². The molecule has 1 aliphatic rings. The zero-order chi connectivity index (χ0) is 12.5. The monoisotopic (exact) mass is 246 g/mol. The van der Waals surface area contributed by atoms with E-state index < -0.39 is 11.9 Å². The van der Waals surface area contributed by atoms with Gasteiger partial charge in [-0.1, -0.05) is 6.07 Å². The number of aliphatic hydroxyl groups excluding tert-OH is 1. The molecule has 1 aromatic rings. The minimum atomic E-state index is -4.41. The molecular weight excluding hydrogens is 233 g/mol. The molecule has 0 bridgehead atoms. The van der Waals surface area contributed by atoms with Gasteiger partial charge in [0.15, 0.2) is 0 Å². The Bertz CT molecular complexity index is 387. The van der Waals surface area contributed by atoms with Crippen LogP contribution in [0.15, 0.2) is 18.2 Å². The first kappa shape index (κ1) is 12.2. The molecule has 6 heteroatoms. The largest absolute Gasteiger partial charge is 0.433 e. The topological polar surface area (TPSA) is 36.4 Å². The second-order valence-corrected chi connectivity index (χ2v) is 4.10. The van der Waals surface area contributed by atoms with Gasteiger partial charge in [-0.25, -0.2) is 4.98 Å². The number of hydrogen-bond donors (Lipinski definition) is 1. The van der Waals surface area contributed by atoms with E-state index in [4.69, 9.17) is 0 Å². The van der Waals surface area contributed by atoms with Crippen molar-refractivity contribution in [1.29, 1.82) is 0 Å². The van der Waals surface area contributed by atoms with Gasteiger partial charge in [-0.2, -0.15) is 13.2 Å². The van der Waals surface area contributed by atoms with Gasteiger partial charge in [0.25, 0.3) is 0 Å². The highest BCUT2D eigenvalue weighted by Crippen LogP contribution is 2.29. The zero-order valence-corrected chi connectivity index (χ0v) is 9.11. The summed E-state index contributed by atoms with van der Waals surface area (Å²) in [7, 11) is 0. The average molecular weight is 246 g/mol. The molecule has 0 unspecified atom stereocenters. The van der Waals surface area contributed by atoms with Crippen LogP contribution in [0.1, 0.15) is 18.5 Å². The number of piperidine rings is 1. The van der Waals surface area contributed by atoms with Crippen LogP contribution in [0.25, 0.3) is 0 Å².